The maximum absolute atomic E-state index is 5.35. The van der Waals surface area contributed by atoms with Crippen LogP contribution in [-0.4, -0.2) is 22.1 Å². The van der Waals surface area contributed by atoms with Gasteiger partial charge in [0.05, 0.1) is 12.6 Å². The van der Waals surface area contributed by atoms with E-state index in [2.05, 4.69) is 21.9 Å². The van der Waals surface area contributed by atoms with E-state index < -0.39 is 0 Å². The van der Waals surface area contributed by atoms with E-state index in [-0.39, 0.29) is 0 Å². The van der Waals surface area contributed by atoms with E-state index in [9.17, 15) is 0 Å². The molecule has 0 spiro atoms. The normalized spacial score (nSPS) is 11.7. The summed E-state index contributed by atoms with van der Waals surface area (Å²) >= 11 is 0. The molecule has 0 saturated heterocycles. The summed E-state index contributed by atoms with van der Waals surface area (Å²) in [5.41, 5.74) is 2.59. The van der Waals surface area contributed by atoms with Crippen molar-refractivity contribution in [3.05, 3.63) is 79.3 Å². The number of ether oxygens (including phenoxy) is 1. The van der Waals surface area contributed by atoms with Gasteiger partial charge >= 0.3 is 0 Å². The average Bonchev–Trinajstić information content (AvgIpc) is 2.71. The number of nitrogens with zero attached hydrogens (tertiary/aromatic N) is 3. The van der Waals surface area contributed by atoms with Crippen molar-refractivity contribution in [1.29, 1.82) is 0 Å². The SMILES string of the molecule is C=C/C=C\C(=C/C)Nc1nc(-c2cccnc2)nc2ccc(OC)cc12. The molecule has 1 N–H and O–H groups in total. The number of hydrogen-bond acceptors (Lipinski definition) is 5. The Morgan fingerprint density at radius 3 is 2.81 bits per heavy atom. The molecule has 1 aromatic carbocycles. The molecule has 0 atom stereocenters. The first-order chi connectivity index (χ1) is 12.7. The highest BCUT2D eigenvalue weighted by molar-refractivity contribution is 5.92. The monoisotopic (exact) mass is 344 g/mol. The van der Waals surface area contributed by atoms with E-state index in [4.69, 9.17) is 9.72 Å². The second kappa shape index (κ2) is 8.07. The minimum atomic E-state index is 0.612. The zero-order valence-corrected chi connectivity index (χ0v) is 14.8. The highest BCUT2D eigenvalue weighted by atomic mass is 16.5. The Morgan fingerprint density at radius 1 is 1.23 bits per heavy atom. The molecular formula is C21H20N4O. The first kappa shape index (κ1) is 17.4. The minimum absolute atomic E-state index is 0.612. The largest absolute Gasteiger partial charge is 0.497 e. The fourth-order valence-electron chi connectivity index (χ4n) is 2.47. The maximum Gasteiger partial charge on any atom is 0.163 e. The number of benzene rings is 1. The summed E-state index contributed by atoms with van der Waals surface area (Å²) in [6, 6.07) is 9.55. The lowest BCUT2D eigenvalue weighted by Gasteiger charge is -2.12. The van der Waals surface area contributed by atoms with E-state index in [1.807, 2.05) is 55.5 Å². The van der Waals surface area contributed by atoms with E-state index in [0.29, 0.717) is 11.6 Å². The molecule has 0 unspecified atom stereocenters. The molecule has 5 heteroatoms. The highest BCUT2D eigenvalue weighted by Crippen LogP contribution is 2.28. The van der Waals surface area contributed by atoms with Crippen molar-refractivity contribution in [2.24, 2.45) is 0 Å². The van der Waals surface area contributed by atoms with Crippen molar-refractivity contribution in [2.75, 3.05) is 12.4 Å². The molecule has 0 aliphatic rings. The summed E-state index contributed by atoms with van der Waals surface area (Å²) in [7, 11) is 1.64. The van der Waals surface area contributed by atoms with Gasteiger partial charge in [-0.3, -0.25) is 4.98 Å². The van der Waals surface area contributed by atoms with Gasteiger partial charge in [-0.2, -0.15) is 0 Å². The standard InChI is InChI=1S/C21H20N4O/c1-4-6-9-16(5-2)23-21-18-13-17(26-3)10-11-19(18)24-20(25-21)15-8-7-12-22-14-15/h4-14H,1H2,2-3H3,(H,23,24,25)/b9-6-,16-5+. The Hall–Kier alpha value is -3.47. The van der Waals surface area contributed by atoms with Crippen LogP contribution in [-0.2, 0) is 0 Å². The van der Waals surface area contributed by atoms with Crippen LogP contribution in [0, 0.1) is 0 Å². The highest BCUT2D eigenvalue weighted by Gasteiger charge is 2.11. The van der Waals surface area contributed by atoms with Gasteiger partial charge in [-0.25, -0.2) is 9.97 Å². The summed E-state index contributed by atoms with van der Waals surface area (Å²) in [4.78, 5) is 13.6. The van der Waals surface area contributed by atoms with Gasteiger partial charge in [0, 0.05) is 29.0 Å². The van der Waals surface area contributed by atoms with Crippen molar-refractivity contribution in [1.82, 2.24) is 15.0 Å². The molecule has 0 bridgehead atoms. The number of aromatic nitrogens is 3. The van der Waals surface area contributed by atoms with Crippen LogP contribution >= 0.6 is 0 Å². The number of allylic oxidation sites excluding steroid dienone is 4. The third-order valence-electron chi connectivity index (χ3n) is 3.81. The second-order valence-corrected chi connectivity index (χ2v) is 5.48. The third kappa shape index (κ3) is 3.78. The zero-order chi connectivity index (χ0) is 18.4. The lowest BCUT2D eigenvalue weighted by Crippen LogP contribution is -2.03. The molecule has 0 aliphatic carbocycles. The van der Waals surface area contributed by atoms with Gasteiger partial charge in [0.25, 0.3) is 0 Å². The lowest BCUT2D eigenvalue weighted by atomic mass is 10.2. The van der Waals surface area contributed by atoms with E-state index >= 15 is 0 Å². The van der Waals surface area contributed by atoms with E-state index in [1.165, 1.54) is 0 Å². The summed E-state index contributed by atoms with van der Waals surface area (Å²) < 4.78 is 5.35. The molecule has 26 heavy (non-hydrogen) atoms. The molecular weight excluding hydrogens is 324 g/mol. The number of rotatable bonds is 6. The maximum atomic E-state index is 5.35. The first-order valence-electron chi connectivity index (χ1n) is 8.23. The number of nitrogens with one attached hydrogen (secondary N) is 1. The summed E-state index contributed by atoms with van der Waals surface area (Å²) in [6.07, 6.45) is 11.0. The zero-order valence-electron chi connectivity index (χ0n) is 14.8. The predicted octanol–water partition coefficient (Wildman–Crippen LogP) is 4.76. The van der Waals surface area contributed by atoms with Gasteiger partial charge < -0.3 is 10.1 Å². The molecule has 3 aromatic rings. The number of fused-ring (bicyclic) bond motifs is 1. The molecule has 5 nitrogen and oxygen atoms in total. The second-order valence-electron chi connectivity index (χ2n) is 5.48. The molecule has 0 radical (unpaired) electrons. The smallest absolute Gasteiger partial charge is 0.163 e. The van der Waals surface area contributed by atoms with Crippen molar-refractivity contribution in [3.8, 4) is 17.1 Å². The van der Waals surface area contributed by atoms with Crippen LogP contribution in [0.3, 0.4) is 0 Å². The minimum Gasteiger partial charge on any atom is -0.497 e. The van der Waals surface area contributed by atoms with Gasteiger partial charge in [0.2, 0.25) is 0 Å². The molecule has 0 amide bonds. The molecule has 0 aliphatic heterocycles. The Kier molecular flexibility index (Phi) is 5.39. The molecule has 0 fully saturated rings. The summed E-state index contributed by atoms with van der Waals surface area (Å²) in [5, 5.41) is 4.25. The van der Waals surface area contributed by atoms with Crippen LogP contribution in [0.1, 0.15) is 6.92 Å². The van der Waals surface area contributed by atoms with Gasteiger partial charge in [-0.15, -0.1) is 0 Å². The van der Waals surface area contributed by atoms with Gasteiger partial charge in [0.1, 0.15) is 11.6 Å². The Balaban J connectivity index is 2.16. The molecule has 2 heterocycles. The average molecular weight is 344 g/mol. The number of hydrogen-bond donors (Lipinski definition) is 1. The number of pyridine rings is 1. The van der Waals surface area contributed by atoms with Gasteiger partial charge in [0.15, 0.2) is 5.82 Å². The molecule has 3 rings (SSSR count). The lowest BCUT2D eigenvalue weighted by molar-refractivity contribution is 0.415. The van der Waals surface area contributed by atoms with Crippen LogP contribution in [0.2, 0.25) is 0 Å². The van der Waals surface area contributed by atoms with Crippen LogP contribution in [0.5, 0.6) is 5.75 Å². The van der Waals surface area contributed by atoms with Gasteiger partial charge in [-0.05, 0) is 43.3 Å². The Labute approximate surface area is 152 Å². The molecule has 2 aromatic heterocycles. The Morgan fingerprint density at radius 2 is 2.12 bits per heavy atom. The third-order valence-corrected chi connectivity index (χ3v) is 3.81. The van der Waals surface area contributed by atoms with Crippen LogP contribution in [0.25, 0.3) is 22.3 Å². The fourth-order valence-corrected chi connectivity index (χ4v) is 2.47. The number of methoxy groups -OCH3 is 1. The van der Waals surface area contributed by atoms with Crippen molar-refractivity contribution >= 4 is 16.7 Å². The fraction of sp³-hybridized carbons (Fsp3) is 0.0952. The van der Waals surface area contributed by atoms with Crippen LogP contribution < -0.4 is 10.1 Å². The van der Waals surface area contributed by atoms with Crippen LogP contribution in [0.15, 0.2) is 79.3 Å². The van der Waals surface area contributed by atoms with E-state index in [0.717, 1.165) is 27.9 Å². The topological polar surface area (TPSA) is 59.9 Å². The quantitative estimate of drug-likeness (QED) is 0.653. The van der Waals surface area contributed by atoms with Gasteiger partial charge in [-0.1, -0.05) is 24.8 Å². The molecule has 0 saturated carbocycles. The van der Waals surface area contributed by atoms with Crippen molar-refractivity contribution < 1.29 is 4.74 Å². The summed E-state index contributed by atoms with van der Waals surface area (Å²) in [5.74, 6) is 2.07. The molecule has 130 valence electrons. The van der Waals surface area contributed by atoms with Crippen molar-refractivity contribution in [3.63, 3.8) is 0 Å². The first-order valence-corrected chi connectivity index (χ1v) is 8.23. The van der Waals surface area contributed by atoms with Crippen molar-refractivity contribution in [2.45, 2.75) is 6.92 Å². The predicted molar refractivity (Wildman–Crippen MR) is 106 cm³/mol. The van der Waals surface area contributed by atoms with Crippen LogP contribution in [0.4, 0.5) is 5.82 Å². The summed E-state index contributed by atoms with van der Waals surface area (Å²) in [6.45, 7) is 5.67. The van der Waals surface area contributed by atoms with E-state index in [1.54, 1.807) is 25.6 Å². The number of anilines is 1. The Bertz CT molecular complexity index is 978.